The number of nitrogens with one attached hydrogen (secondary N) is 1. The molecule has 26 heavy (non-hydrogen) atoms. The fourth-order valence-electron chi connectivity index (χ4n) is 3.77. The highest BCUT2D eigenvalue weighted by Gasteiger charge is 2.27. The molecule has 2 aliphatic heterocycles. The SMILES string of the molecule is Cc1cc2n(n1)CCN(c1ncc(S(C)(=O)=O)c(C3CCCNC3)n1)C2. The zero-order chi connectivity index (χ0) is 18.3. The van der Waals surface area contributed by atoms with Gasteiger partial charge in [-0.3, -0.25) is 4.68 Å². The molecule has 9 heteroatoms. The summed E-state index contributed by atoms with van der Waals surface area (Å²) < 4.78 is 26.5. The van der Waals surface area contributed by atoms with Crippen molar-refractivity contribution < 1.29 is 8.42 Å². The number of anilines is 1. The molecule has 0 spiro atoms. The highest BCUT2D eigenvalue weighted by Crippen LogP contribution is 2.29. The van der Waals surface area contributed by atoms with Crippen LogP contribution in [0, 0.1) is 6.92 Å². The number of hydrogen-bond acceptors (Lipinski definition) is 7. The Morgan fingerprint density at radius 1 is 1.31 bits per heavy atom. The van der Waals surface area contributed by atoms with Gasteiger partial charge in [-0.15, -0.1) is 0 Å². The Balaban J connectivity index is 1.69. The van der Waals surface area contributed by atoms with Crippen LogP contribution in [0.2, 0.25) is 0 Å². The lowest BCUT2D eigenvalue weighted by Crippen LogP contribution is -2.36. The molecular formula is C17H24N6O2S. The van der Waals surface area contributed by atoms with Crippen molar-refractivity contribution in [2.45, 2.75) is 43.7 Å². The topological polar surface area (TPSA) is 93.0 Å². The summed E-state index contributed by atoms with van der Waals surface area (Å²) in [6, 6.07) is 2.07. The van der Waals surface area contributed by atoms with Crippen LogP contribution in [0.15, 0.2) is 17.2 Å². The summed E-state index contributed by atoms with van der Waals surface area (Å²) in [5.74, 6) is 0.705. The Morgan fingerprint density at radius 2 is 2.15 bits per heavy atom. The molecule has 0 amide bonds. The highest BCUT2D eigenvalue weighted by atomic mass is 32.2. The van der Waals surface area contributed by atoms with Gasteiger partial charge in [0.05, 0.1) is 36.4 Å². The van der Waals surface area contributed by atoms with Crippen molar-refractivity contribution in [1.29, 1.82) is 0 Å². The highest BCUT2D eigenvalue weighted by molar-refractivity contribution is 7.90. The summed E-state index contributed by atoms with van der Waals surface area (Å²) in [5.41, 5.74) is 2.79. The van der Waals surface area contributed by atoms with E-state index in [0.717, 1.165) is 50.4 Å². The number of aryl methyl sites for hydroxylation is 1. The second-order valence-corrected chi connectivity index (χ2v) is 9.14. The number of rotatable bonds is 3. The van der Waals surface area contributed by atoms with Crippen LogP contribution in [0.4, 0.5) is 5.95 Å². The molecule has 2 aromatic heterocycles. The van der Waals surface area contributed by atoms with E-state index in [4.69, 9.17) is 4.98 Å². The van der Waals surface area contributed by atoms with Crippen molar-refractivity contribution in [3.8, 4) is 0 Å². The molecule has 1 saturated heterocycles. The molecule has 4 rings (SSSR count). The second kappa shape index (κ2) is 6.62. The van der Waals surface area contributed by atoms with Gasteiger partial charge in [-0.25, -0.2) is 18.4 Å². The van der Waals surface area contributed by atoms with Gasteiger partial charge in [0, 0.05) is 25.3 Å². The largest absolute Gasteiger partial charge is 0.333 e. The molecule has 8 nitrogen and oxygen atoms in total. The maximum Gasteiger partial charge on any atom is 0.226 e. The van der Waals surface area contributed by atoms with Gasteiger partial charge in [0.15, 0.2) is 9.84 Å². The van der Waals surface area contributed by atoms with Gasteiger partial charge in [0.2, 0.25) is 5.95 Å². The molecule has 1 unspecified atom stereocenters. The predicted octanol–water partition coefficient (Wildman–Crippen LogP) is 0.872. The van der Waals surface area contributed by atoms with E-state index in [1.54, 1.807) is 0 Å². The first-order valence-corrected chi connectivity index (χ1v) is 10.9. The van der Waals surface area contributed by atoms with Crippen molar-refractivity contribution in [2.75, 3.05) is 30.8 Å². The molecule has 0 saturated carbocycles. The first-order chi connectivity index (χ1) is 12.4. The standard InChI is InChI=1S/C17H24N6O2S/c1-12-8-14-11-22(6-7-23(14)21-12)17-19-10-15(26(2,24)25)16(20-17)13-4-3-5-18-9-13/h8,10,13,18H,3-7,9,11H2,1-2H3. The van der Waals surface area contributed by atoms with Gasteiger partial charge in [0.25, 0.3) is 0 Å². The Labute approximate surface area is 153 Å². The van der Waals surface area contributed by atoms with Gasteiger partial charge in [-0.05, 0) is 32.4 Å². The zero-order valence-corrected chi connectivity index (χ0v) is 16.0. The van der Waals surface area contributed by atoms with Gasteiger partial charge >= 0.3 is 0 Å². The van der Waals surface area contributed by atoms with Gasteiger partial charge in [0.1, 0.15) is 4.90 Å². The summed E-state index contributed by atoms with van der Waals surface area (Å²) in [6.45, 7) is 5.93. The molecule has 0 bridgehead atoms. The molecule has 0 aliphatic carbocycles. The van der Waals surface area contributed by atoms with Crippen molar-refractivity contribution in [2.24, 2.45) is 0 Å². The van der Waals surface area contributed by atoms with Crippen LogP contribution in [0.1, 0.15) is 35.8 Å². The summed E-state index contributed by atoms with van der Waals surface area (Å²) in [5, 5.41) is 7.82. The van der Waals surface area contributed by atoms with Crippen LogP contribution < -0.4 is 10.2 Å². The molecule has 140 valence electrons. The van der Waals surface area contributed by atoms with Crippen molar-refractivity contribution in [3.63, 3.8) is 0 Å². The minimum absolute atomic E-state index is 0.104. The lowest BCUT2D eigenvalue weighted by atomic mass is 9.96. The van der Waals surface area contributed by atoms with Crippen LogP contribution in [0.25, 0.3) is 0 Å². The van der Waals surface area contributed by atoms with E-state index in [1.165, 1.54) is 12.5 Å². The zero-order valence-electron chi connectivity index (χ0n) is 15.1. The third-order valence-electron chi connectivity index (χ3n) is 5.06. The minimum atomic E-state index is -3.36. The van der Waals surface area contributed by atoms with Gasteiger partial charge in [-0.1, -0.05) is 0 Å². The van der Waals surface area contributed by atoms with E-state index < -0.39 is 9.84 Å². The van der Waals surface area contributed by atoms with Crippen LogP contribution in [0.5, 0.6) is 0 Å². The molecule has 1 fully saturated rings. The van der Waals surface area contributed by atoms with Crippen molar-refractivity contribution in [3.05, 3.63) is 29.3 Å². The Kier molecular flexibility index (Phi) is 4.44. The molecule has 1 atom stereocenters. The Bertz CT molecular complexity index is 917. The summed E-state index contributed by atoms with van der Waals surface area (Å²) in [7, 11) is -3.36. The van der Waals surface area contributed by atoms with Crippen LogP contribution >= 0.6 is 0 Å². The van der Waals surface area contributed by atoms with Gasteiger partial charge < -0.3 is 10.2 Å². The molecule has 4 heterocycles. The van der Waals surface area contributed by atoms with E-state index in [1.807, 2.05) is 11.6 Å². The third kappa shape index (κ3) is 3.33. The van der Waals surface area contributed by atoms with Crippen molar-refractivity contribution in [1.82, 2.24) is 25.1 Å². The number of piperidine rings is 1. The van der Waals surface area contributed by atoms with Crippen LogP contribution in [-0.2, 0) is 22.9 Å². The van der Waals surface area contributed by atoms with E-state index >= 15 is 0 Å². The smallest absolute Gasteiger partial charge is 0.226 e. The van der Waals surface area contributed by atoms with E-state index in [0.29, 0.717) is 18.2 Å². The van der Waals surface area contributed by atoms with E-state index in [-0.39, 0.29) is 10.8 Å². The summed E-state index contributed by atoms with van der Waals surface area (Å²) >= 11 is 0. The average molecular weight is 376 g/mol. The number of fused-ring (bicyclic) bond motifs is 1. The minimum Gasteiger partial charge on any atom is -0.333 e. The lowest BCUT2D eigenvalue weighted by molar-refractivity contribution is 0.446. The first-order valence-electron chi connectivity index (χ1n) is 8.98. The number of nitrogens with zero attached hydrogens (tertiary/aromatic N) is 5. The maximum atomic E-state index is 12.2. The first kappa shape index (κ1) is 17.4. The van der Waals surface area contributed by atoms with E-state index in [9.17, 15) is 8.42 Å². The molecule has 2 aromatic rings. The Hall–Kier alpha value is -2.00. The number of hydrogen-bond donors (Lipinski definition) is 1. The summed E-state index contributed by atoms with van der Waals surface area (Å²) in [4.78, 5) is 11.5. The number of sulfone groups is 1. The third-order valence-corrected chi connectivity index (χ3v) is 6.17. The van der Waals surface area contributed by atoms with Crippen LogP contribution in [-0.4, -0.2) is 54.1 Å². The number of aromatic nitrogens is 4. The predicted molar refractivity (Wildman–Crippen MR) is 98.0 cm³/mol. The van der Waals surface area contributed by atoms with E-state index in [2.05, 4.69) is 26.4 Å². The fraction of sp³-hybridized carbons (Fsp3) is 0.588. The maximum absolute atomic E-state index is 12.2. The second-order valence-electron chi connectivity index (χ2n) is 7.16. The quantitative estimate of drug-likeness (QED) is 0.850. The fourth-order valence-corrected chi connectivity index (χ4v) is 4.61. The molecule has 0 aromatic carbocycles. The lowest BCUT2D eigenvalue weighted by Gasteiger charge is -2.29. The Morgan fingerprint density at radius 3 is 2.88 bits per heavy atom. The van der Waals surface area contributed by atoms with Crippen molar-refractivity contribution >= 4 is 15.8 Å². The monoisotopic (exact) mass is 376 g/mol. The molecular weight excluding hydrogens is 352 g/mol. The molecule has 2 aliphatic rings. The van der Waals surface area contributed by atoms with Gasteiger partial charge in [-0.2, -0.15) is 5.10 Å². The molecule has 0 radical (unpaired) electrons. The van der Waals surface area contributed by atoms with Crippen LogP contribution in [0.3, 0.4) is 0 Å². The summed E-state index contributed by atoms with van der Waals surface area (Å²) in [6.07, 6.45) is 4.68. The average Bonchev–Trinajstić information content (AvgIpc) is 3.00. The normalized spacial score (nSPS) is 20.8. The molecule has 1 N–H and O–H groups in total.